The first-order valence-corrected chi connectivity index (χ1v) is 16.1. The fraction of sp³-hybridized carbons (Fsp3) is 0.452. The van der Waals surface area contributed by atoms with E-state index in [0.29, 0.717) is 61.6 Å². The number of rotatable bonds is 6. The van der Waals surface area contributed by atoms with E-state index in [1.54, 1.807) is 0 Å². The standard InChI is InChI=1S/C31H28F3N7O5S/c32-15-8-31(2-1-3-41(31)11-15)14-46-29-37-25-22(27(38-29)40-4-6-44-7-5-40)18-13-45-12-17(18)20(23(25)34)24-21-16(9-35)28(39-30(42)43)47-26(21)19(33)10-36-24/h10,15,39H,1-8,11-14H2,(H,42,43)/t15-,31+/m1/s1. The number of hydrogen-bond donors (Lipinski definition) is 2. The van der Waals surface area contributed by atoms with Crippen LogP contribution < -0.4 is 15.0 Å². The maximum Gasteiger partial charge on any atom is 0.409 e. The van der Waals surface area contributed by atoms with Gasteiger partial charge in [0.05, 0.1) is 59.5 Å². The molecule has 3 fully saturated rings. The number of aromatic nitrogens is 3. The Kier molecular flexibility index (Phi) is 7.32. The summed E-state index contributed by atoms with van der Waals surface area (Å²) < 4.78 is 64.3. The number of carbonyl (C=O) groups is 1. The average molecular weight is 668 g/mol. The number of pyridine rings is 1. The number of hydrogen-bond acceptors (Lipinski definition) is 11. The van der Waals surface area contributed by atoms with Crippen LogP contribution in [0.2, 0.25) is 0 Å². The summed E-state index contributed by atoms with van der Waals surface area (Å²) in [5.41, 5.74) is 0.283. The molecule has 0 aliphatic carbocycles. The van der Waals surface area contributed by atoms with Gasteiger partial charge in [0, 0.05) is 37.0 Å². The van der Waals surface area contributed by atoms with Crippen LogP contribution >= 0.6 is 11.3 Å². The smallest absolute Gasteiger partial charge is 0.409 e. The molecule has 2 atom stereocenters. The number of alkyl halides is 1. The Balaban J connectivity index is 1.34. The molecule has 7 heterocycles. The fourth-order valence-electron chi connectivity index (χ4n) is 7.51. The van der Waals surface area contributed by atoms with Gasteiger partial charge in [-0.25, -0.2) is 18.0 Å². The molecule has 3 aromatic heterocycles. The van der Waals surface area contributed by atoms with Crippen molar-refractivity contribution in [2.45, 2.75) is 44.2 Å². The molecule has 4 aliphatic rings. The second-order valence-corrected chi connectivity index (χ2v) is 13.2. The molecule has 1 aromatic carbocycles. The van der Waals surface area contributed by atoms with Gasteiger partial charge in [-0.3, -0.25) is 15.2 Å². The predicted octanol–water partition coefficient (Wildman–Crippen LogP) is 4.97. The Morgan fingerprint density at radius 2 is 2.00 bits per heavy atom. The first-order valence-electron chi connectivity index (χ1n) is 15.3. The molecule has 8 rings (SSSR count). The molecule has 4 aliphatic heterocycles. The van der Waals surface area contributed by atoms with Gasteiger partial charge in [-0.05, 0) is 30.5 Å². The number of amides is 1. The van der Waals surface area contributed by atoms with Crippen molar-refractivity contribution in [3.8, 4) is 23.3 Å². The van der Waals surface area contributed by atoms with Crippen LogP contribution in [0.3, 0.4) is 0 Å². The van der Waals surface area contributed by atoms with Crippen LogP contribution in [0.4, 0.5) is 28.8 Å². The summed E-state index contributed by atoms with van der Waals surface area (Å²) in [4.78, 5) is 29.2. The molecule has 0 spiro atoms. The molecule has 0 bridgehead atoms. The number of nitrogens with zero attached hydrogens (tertiary/aromatic N) is 6. The minimum Gasteiger partial charge on any atom is -0.465 e. The lowest BCUT2D eigenvalue weighted by Gasteiger charge is -2.32. The molecule has 4 aromatic rings. The van der Waals surface area contributed by atoms with Crippen LogP contribution in [0, 0.1) is 23.0 Å². The van der Waals surface area contributed by atoms with Gasteiger partial charge in [-0.15, -0.1) is 11.3 Å². The van der Waals surface area contributed by atoms with E-state index in [1.165, 1.54) is 0 Å². The van der Waals surface area contributed by atoms with E-state index in [4.69, 9.17) is 19.2 Å². The highest BCUT2D eigenvalue weighted by molar-refractivity contribution is 7.23. The third kappa shape index (κ3) is 4.83. The van der Waals surface area contributed by atoms with Crippen molar-refractivity contribution in [3.63, 3.8) is 0 Å². The van der Waals surface area contributed by atoms with Crippen LogP contribution in [-0.2, 0) is 22.7 Å². The van der Waals surface area contributed by atoms with E-state index in [2.05, 4.69) is 20.2 Å². The van der Waals surface area contributed by atoms with E-state index in [9.17, 15) is 19.6 Å². The fourth-order valence-corrected chi connectivity index (χ4v) is 8.55. The van der Waals surface area contributed by atoms with E-state index in [0.717, 1.165) is 36.9 Å². The average Bonchev–Trinajstić information content (AvgIpc) is 3.83. The highest BCUT2D eigenvalue weighted by Gasteiger charge is 2.49. The lowest BCUT2D eigenvalue weighted by Crippen LogP contribution is -2.43. The summed E-state index contributed by atoms with van der Waals surface area (Å²) in [7, 11) is 0. The lowest BCUT2D eigenvalue weighted by atomic mass is 9.93. The number of carboxylic acid groups (broad SMARTS) is 1. The van der Waals surface area contributed by atoms with Crippen molar-refractivity contribution >= 4 is 49.2 Å². The molecule has 3 saturated heterocycles. The Hall–Kier alpha value is -4.30. The molecule has 2 N–H and O–H groups in total. The van der Waals surface area contributed by atoms with Gasteiger partial charge in [0.15, 0.2) is 11.6 Å². The van der Waals surface area contributed by atoms with Crippen LogP contribution in [-0.4, -0.2) is 88.8 Å². The van der Waals surface area contributed by atoms with Gasteiger partial charge in [0.2, 0.25) is 0 Å². The van der Waals surface area contributed by atoms with E-state index in [1.807, 2.05) is 11.0 Å². The highest BCUT2D eigenvalue weighted by Crippen LogP contribution is 2.47. The number of anilines is 2. The summed E-state index contributed by atoms with van der Waals surface area (Å²) in [6.07, 6.45) is 0.568. The maximum atomic E-state index is 17.2. The van der Waals surface area contributed by atoms with Crippen LogP contribution in [0.15, 0.2) is 6.20 Å². The quantitative estimate of drug-likeness (QED) is 0.288. The minimum atomic E-state index is -1.44. The first-order chi connectivity index (χ1) is 22.8. The highest BCUT2D eigenvalue weighted by atomic mass is 32.1. The van der Waals surface area contributed by atoms with E-state index in [-0.39, 0.29) is 63.3 Å². The topological polar surface area (TPSA) is 146 Å². The Labute approximate surface area is 269 Å². The third-order valence-corrected chi connectivity index (χ3v) is 10.7. The SMILES string of the molecule is N#Cc1c(NC(=O)O)sc2c(F)cnc(-c3c4c(c5c(N6CCOCC6)nc(OC[C@@]67CCCN6C[C@H](F)C7)nc5c3F)COC4)c12. The number of ether oxygens (including phenoxy) is 3. The lowest BCUT2D eigenvalue weighted by molar-refractivity contribution is 0.107. The van der Waals surface area contributed by atoms with Crippen molar-refractivity contribution in [1.29, 1.82) is 5.26 Å². The zero-order valence-electron chi connectivity index (χ0n) is 24.9. The van der Waals surface area contributed by atoms with Gasteiger partial charge in [-0.2, -0.15) is 15.2 Å². The Bertz CT molecular complexity index is 2000. The van der Waals surface area contributed by atoms with Crippen molar-refractivity contribution in [1.82, 2.24) is 19.9 Å². The monoisotopic (exact) mass is 667 g/mol. The summed E-state index contributed by atoms with van der Waals surface area (Å²) >= 11 is 0.726. The number of benzene rings is 1. The van der Waals surface area contributed by atoms with Crippen molar-refractivity contribution in [2.24, 2.45) is 0 Å². The summed E-state index contributed by atoms with van der Waals surface area (Å²) in [6, 6.07) is 1.88. The Morgan fingerprint density at radius 3 is 2.79 bits per heavy atom. The molecule has 0 unspecified atom stereocenters. The Morgan fingerprint density at radius 1 is 1.19 bits per heavy atom. The predicted molar refractivity (Wildman–Crippen MR) is 165 cm³/mol. The van der Waals surface area contributed by atoms with Gasteiger partial charge in [-0.1, -0.05) is 0 Å². The molecule has 47 heavy (non-hydrogen) atoms. The summed E-state index contributed by atoms with van der Waals surface area (Å²) in [5.74, 6) is -1.12. The third-order valence-electron chi connectivity index (χ3n) is 9.54. The molecular weight excluding hydrogens is 639 g/mol. The van der Waals surface area contributed by atoms with Crippen LogP contribution in [0.1, 0.15) is 36.0 Å². The largest absolute Gasteiger partial charge is 0.465 e. The number of halogens is 3. The molecular formula is C31H28F3N7O5S. The van der Waals surface area contributed by atoms with Gasteiger partial charge < -0.3 is 24.2 Å². The zero-order chi connectivity index (χ0) is 32.4. The second kappa shape index (κ2) is 11.4. The van der Waals surface area contributed by atoms with Gasteiger partial charge in [0.1, 0.15) is 35.2 Å². The zero-order valence-corrected chi connectivity index (χ0v) is 25.8. The molecule has 1 amide bonds. The summed E-state index contributed by atoms with van der Waals surface area (Å²) in [6.45, 7) is 3.26. The van der Waals surface area contributed by atoms with Gasteiger partial charge in [0.25, 0.3) is 0 Å². The maximum absolute atomic E-state index is 17.2. The molecule has 244 valence electrons. The number of fused-ring (bicyclic) bond motifs is 5. The molecule has 0 radical (unpaired) electrons. The van der Waals surface area contributed by atoms with Crippen molar-refractivity contribution < 1.29 is 37.3 Å². The molecule has 16 heteroatoms. The van der Waals surface area contributed by atoms with Gasteiger partial charge >= 0.3 is 12.1 Å². The number of nitriles is 1. The van der Waals surface area contributed by atoms with E-state index >= 15 is 8.78 Å². The molecule has 0 saturated carbocycles. The first kappa shape index (κ1) is 30.1. The number of morpholine rings is 1. The molecule has 12 nitrogen and oxygen atoms in total. The van der Waals surface area contributed by atoms with Crippen LogP contribution in [0.25, 0.3) is 32.2 Å². The van der Waals surface area contributed by atoms with E-state index < -0.39 is 29.4 Å². The summed E-state index contributed by atoms with van der Waals surface area (Å²) in [5, 5.41) is 21.8. The van der Waals surface area contributed by atoms with Crippen LogP contribution in [0.5, 0.6) is 6.01 Å². The number of nitrogens with one attached hydrogen (secondary N) is 1. The second-order valence-electron chi connectivity index (χ2n) is 12.2. The minimum absolute atomic E-state index is 0.00783. The normalized spacial score (nSPS) is 22.5. The van der Waals surface area contributed by atoms with Crippen molar-refractivity contribution in [3.05, 3.63) is 34.5 Å². The number of thiophene rings is 1. The van der Waals surface area contributed by atoms with Crippen molar-refractivity contribution in [2.75, 3.05) is 56.2 Å².